The molecular formula is C33H37BN2O6. The average molecular weight is 568 g/mol. The predicted octanol–water partition coefficient (Wildman–Crippen LogP) is 4.84. The molecule has 3 aromatic carbocycles. The van der Waals surface area contributed by atoms with E-state index in [4.69, 9.17) is 18.8 Å². The lowest BCUT2D eigenvalue weighted by atomic mass is 9.78. The Hall–Kier alpha value is -3.82. The van der Waals surface area contributed by atoms with E-state index in [-0.39, 0.29) is 12.0 Å². The summed E-state index contributed by atoms with van der Waals surface area (Å²) in [4.78, 5) is 29.6. The standard InChI is InChI=1S/C33H37BN2O6/c1-32(2)33(3,4)42-34(41-32)23-18-22(30(37)39-5)19-24(20-23)35-14-16-36(17-15-35)31(38)40-21-29-27-12-8-6-10-25(27)26-11-7-9-13-28(26)29/h6-13,18-20,29H,14-17,21H2,1-5H3. The summed E-state index contributed by atoms with van der Waals surface area (Å²) in [5.41, 5.74) is 5.83. The summed E-state index contributed by atoms with van der Waals surface area (Å²) in [6.45, 7) is 10.5. The van der Waals surface area contributed by atoms with E-state index in [1.807, 2.05) is 64.1 Å². The van der Waals surface area contributed by atoms with Gasteiger partial charge in [-0.2, -0.15) is 0 Å². The lowest BCUT2D eigenvalue weighted by molar-refractivity contribution is 0.00578. The maximum absolute atomic E-state index is 13.1. The van der Waals surface area contributed by atoms with Crippen molar-refractivity contribution in [1.29, 1.82) is 0 Å². The molecule has 0 unspecified atom stereocenters. The number of anilines is 1. The van der Waals surface area contributed by atoms with Crippen molar-refractivity contribution in [3.63, 3.8) is 0 Å². The van der Waals surface area contributed by atoms with Crippen molar-refractivity contribution in [2.24, 2.45) is 0 Å². The van der Waals surface area contributed by atoms with Gasteiger partial charge >= 0.3 is 19.2 Å². The monoisotopic (exact) mass is 568 g/mol. The van der Waals surface area contributed by atoms with Gasteiger partial charge in [0.05, 0.1) is 23.9 Å². The Kier molecular flexibility index (Phi) is 7.27. The summed E-state index contributed by atoms with van der Waals surface area (Å²) < 4.78 is 23.4. The Morgan fingerprint density at radius 1 is 0.857 bits per heavy atom. The largest absolute Gasteiger partial charge is 0.494 e. The molecule has 9 heteroatoms. The molecular weight excluding hydrogens is 531 g/mol. The van der Waals surface area contributed by atoms with E-state index in [2.05, 4.69) is 29.2 Å². The lowest BCUT2D eigenvalue weighted by Crippen LogP contribution is -2.49. The normalized spacial score (nSPS) is 18.9. The van der Waals surface area contributed by atoms with Gasteiger partial charge in [-0.15, -0.1) is 0 Å². The molecule has 1 aliphatic carbocycles. The molecule has 0 atom stereocenters. The van der Waals surface area contributed by atoms with Crippen LogP contribution in [0, 0.1) is 0 Å². The van der Waals surface area contributed by atoms with Crippen LogP contribution in [0.3, 0.4) is 0 Å². The minimum absolute atomic E-state index is 0.0251. The van der Waals surface area contributed by atoms with E-state index in [9.17, 15) is 9.59 Å². The molecule has 42 heavy (non-hydrogen) atoms. The third kappa shape index (κ3) is 5.05. The number of methoxy groups -OCH3 is 1. The predicted molar refractivity (Wildman–Crippen MR) is 162 cm³/mol. The maximum Gasteiger partial charge on any atom is 0.494 e. The molecule has 6 rings (SSSR count). The second-order valence-electron chi connectivity index (χ2n) is 12.2. The molecule has 2 fully saturated rings. The van der Waals surface area contributed by atoms with Crippen molar-refractivity contribution in [2.45, 2.75) is 44.8 Å². The zero-order valence-electron chi connectivity index (χ0n) is 24.9. The highest BCUT2D eigenvalue weighted by Crippen LogP contribution is 2.44. The number of benzene rings is 3. The first-order valence-corrected chi connectivity index (χ1v) is 14.5. The van der Waals surface area contributed by atoms with Crippen LogP contribution < -0.4 is 10.4 Å². The van der Waals surface area contributed by atoms with Gasteiger partial charge in [0.25, 0.3) is 0 Å². The Morgan fingerprint density at radius 2 is 1.43 bits per heavy atom. The zero-order chi connectivity index (χ0) is 29.6. The van der Waals surface area contributed by atoms with Crippen LogP contribution in [0.25, 0.3) is 11.1 Å². The van der Waals surface area contributed by atoms with Crippen molar-refractivity contribution in [3.8, 4) is 11.1 Å². The number of carbonyl (C=O) groups is 2. The molecule has 0 N–H and O–H groups in total. The second-order valence-corrected chi connectivity index (χ2v) is 12.2. The van der Waals surface area contributed by atoms with Crippen LogP contribution in [0.1, 0.15) is 55.1 Å². The van der Waals surface area contributed by atoms with Gasteiger partial charge < -0.3 is 28.6 Å². The number of hydrogen-bond acceptors (Lipinski definition) is 7. The molecule has 3 aliphatic rings. The molecule has 218 valence electrons. The van der Waals surface area contributed by atoms with Crippen LogP contribution in [0.4, 0.5) is 10.5 Å². The third-order valence-corrected chi connectivity index (χ3v) is 9.13. The van der Waals surface area contributed by atoms with Crippen LogP contribution in [0.15, 0.2) is 66.7 Å². The van der Waals surface area contributed by atoms with E-state index in [0.717, 1.165) is 11.2 Å². The van der Waals surface area contributed by atoms with Gasteiger partial charge in [-0.3, -0.25) is 0 Å². The Bertz CT molecular complexity index is 1450. The zero-order valence-corrected chi connectivity index (χ0v) is 24.9. The van der Waals surface area contributed by atoms with E-state index < -0.39 is 24.3 Å². The average Bonchev–Trinajstić information content (AvgIpc) is 3.44. The molecule has 1 amide bonds. The highest BCUT2D eigenvalue weighted by molar-refractivity contribution is 6.62. The summed E-state index contributed by atoms with van der Waals surface area (Å²) in [5, 5.41) is 0. The van der Waals surface area contributed by atoms with Crippen molar-refractivity contribution in [2.75, 3.05) is 44.8 Å². The van der Waals surface area contributed by atoms with Gasteiger partial charge in [-0.05, 0) is 73.6 Å². The maximum atomic E-state index is 13.1. The summed E-state index contributed by atoms with van der Waals surface area (Å²) >= 11 is 0. The molecule has 0 radical (unpaired) electrons. The number of amides is 1. The molecule has 2 aliphatic heterocycles. The molecule has 0 spiro atoms. The van der Waals surface area contributed by atoms with Gasteiger partial charge in [-0.1, -0.05) is 48.5 Å². The first kappa shape index (κ1) is 28.3. The third-order valence-electron chi connectivity index (χ3n) is 9.13. The molecule has 2 saturated heterocycles. The number of esters is 1. The summed E-state index contributed by atoms with van der Waals surface area (Å²) in [6.07, 6.45) is -0.308. The van der Waals surface area contributed by atoms with Gasteiger partial charge in [0.2, 0.25) is 0 Å². The van der Waals surface area contributed by atoms with Crippen molar-refractivity contribution >= 4 is 30.3 Å². The van der Waals surface area contributed by atoms with Crippen LogP contribution in [0.5, 0.6) is 0 Å². The van der Waals surface area contributed by atoms with E-state index in [1.165, 1.54) is 29.4 Å². The quantitative estimate of drug-likeness (QED) is 0.322. The van der Waals surface area contributed by atoms with E-state index in [0.29, 0.717) is 38.3 Å². The molecule has 8 nitrogen and oxygen atoms in total. The van der Waals surface area contributed by atoms with Gasteiger partial charge in [-0.25, -0.2) is 9.59 Å². The van der Waals surface area contributed by atoms with Gasteiger partial charge in [0, 0.05) is 37.8 Å². The molecule has 0 saturated carbocycles. The van der Waals surface area contributed by atoms with Gasteiger partial charge in [0.15, 0.2) is 0 Å². The summed E-state index contributed by atoms with van der Waals surface area (Å²) in [7, 11) is 0.761. The topological polar surface area (TPSA) is 77.5 Å². The Labute approximate surface area is 247 Å². The van der Waals surface area contributed by atoms with E-state index in [1.54, 1.807) is 11.0 Å². The van der Waals surface area contributed by atoms with Crippen LogP contribution >= 0.6 is 0 Å². The minimum Gasteiger partial charge on any atom is -0.465 e. The molecule has 0 aromatic heterocycles. The molecule has 0 bridgehead atoms. The Morgan fingerprint density at radius 3 is 2.00 bits per heavy atom. The second kappa shape index (κ2) is 10.8. The number of ether oxygens (including phenoxy) is 2. The highest BCUT2D eigenvalue weighted by atomic mass is 16.7. The number of rotatable bonds is 5. The fourth-order valence-electron chi connectivity index (χ4n) is 6.00. The number of hydrogen-bond donors (Lipinski definition) is 0. The first-order valence-electron chi connectivity index (χ1n) is 14.5. The smallest absolute Gasteiger partial charge is 0.465 e. The molecule has 3 aromatic rings. The SMILES string of the molecule is COC(=O)c1cc(B2OC(C)(C)C(C)(C)O2)cc(N2CCN(C(=O)OCC3c4ccccc4-c4ccccc43)CC2)c1. The van der Waals surface area contributed by atoms with Crippen LogP contribution in [0.2, 0.25) is 0 Å². The summed E-state index contributed by atoms with van der Waals surface area (Å²) in [6, 6.07) is 22.2. The van der Waals surface area contributed by atoms with Crippen molar-refractivity contribution in [1.82, 2.24) is 4.90 Å². The number of nitrogens with zero attached hydrogens (tertiary/aromatic N) is 2. The fourth-order valence-corrected chi connectivity index (χ4v) is 6.00. The van der Waals surface area contributed by atoms with Gasteiger partial charge in [0.1, 0.15) is 6.61 Å². The Balaban J connectivity index is 1.13. The molecule has 2 heterocycles. The number of fused-ring (bicyclic) bond motifs is 3. The minimum atomic E-state index is -0.611. The summed E-state index contributed by atoms with van der Waals surface area (Å²) in [5.74, 6) is -0.399. The fraction of sp³-hybridized carbons (Fsp3) is 0.394. The van der Waals surface area contributed by atoms with Crippen LogP contribution in [-0.2, 0) is 18.8 Å². The van der Waals surface area contributed by atoms with Crippen molar-refractivity contribution in [3.05, 3.63) is 83.4 Å². The lowest BCUT2D eigenvalue weighted by Gasteiger charge is -2.36. The highest BCUT2D eigenvalue weighted by Gasteiger charge is 2.52. The number of carbonyl (C=O) groups excluding carboxylic acids is 2. The first-order chi connectivity index (χ1) is 20.1. The van der Waals surface area contributed by atoms with E-state index >= 15 is 0 Å². The van der Waals surface area contributed by atoms with Crippen molar-refractivity contribution < 1.29 is 28.4 Å². The van der Waals surface area contributed by atoms with Crippen LogP contribution in [-0.4, -0.2) is 75.2 Å². The number of piperazine rings is 1.